The summed E-state index contributed by atoms with van der Waals surface area (Å²) in [6, 6.07) is 8.17. The largest absolute Gasteiger partial charge is 0.493 e. The minimum atomic E-state index is 0.180. The molecule has 2 nitrogen and oxygen atoms in total. The van der Waals surface area contributed by atoms with Crippen LogP contribution in [0.4, 0.5) is 0 Å². The predicted octanol–water partition coefficient (Wildman–Crippen LogP) is 2.12. The molecule has 1 aliphatic heterocycles. The average molecular weight is 175 g/mol. The Morgan fingerprint density at radius 3 is 2.92 bits per heavy atom. The van der Waals surface area contributed by atoms with Crippen molar-refractivity contribution in [2.75, 3.05) is 0 Å². The van der Waals surface area contributed by atoms with Crippen molar-refractivity contribution in [2.24, 2.45) is 5.73 Å². The Labute approximate surface area is 78.0 Å². The highest BCUT2D eigenvalue weighted by Gasteiger charge is 2.16. The number of nitrogens with two attached hydrogens (primary N) is 1. The molecule has 0 amide bonds. The normalized spacial score (nSPS) is 20.2. The van der Waals surface area contributed by atoms with Crippen LogP contribution in [-0.4, -0.2) is 0 Å². The number of benzene rings is 1. The summed E-state index contributed by atoms with van der Waals surface area (Å²) in [6.07, 6.45) is 4.94. The van der Waals surface area contributed by atoms with Crippen LogP contribution in [0.1, 0.15) is 23.7 Å². The molecule has 1 aromatic carbocycles. The van der Waals surface area contributed by atoms with Crippen molar-refractivity contribution in [1.82, 2.24) is 0 Å². The fourth-order valence-electron chi connectivity index (χ4n) is 1.62. The van der Waals surface area contributed by atoms with Crippen LogP contribution in [0.25, 0.3) is 0 Å². The van der Waals surface area contributed by atoms with Gasteiger partial charge in [0, 0.05) is 13.0 Å². The molecule has 1 unspecified atom stereocenters. The van der Waals surface area contributed by atoms with Gasteiger partial charge in [-0.2, -0.15) is 0 Å². The van der Waals surface area contributed by atoms with Gasteiger partial charge in [-0.05, 0) is 17.2 Å². The second-order valence-electron chi connectivity index (χ2n) is 3.14. The first-order chi connectivity index (χ1) is 6.42. The summed E-state index contributed by atoms with van der Waals surface area (Å²) in [5.74, 6) is 0. The monoisotopic (exact) mass is 175 g/mol. The van der Waals surface area contributed by atoms with E-state index in [-0.39, 0.29) is 6.10 Å². The quantitative estimate of drug-likeness (QED) is 0.747. The summed E-state index contributed by atoms with van der Waals surface area (Å²) < 4.78 is 5.45. The van der Waals surface area contributed by atoms with Crippen molar-refractivity contribution in [3.8, 4) is 0 Å². The molecule has 1 heterocycles. The van der Waals surface area contributed by atoms with Gasteiger partial charge in [-0.15, -0.1) is 0 Å². The van der Waals surface area contributed by atoms with Crippen LogP contribution in [0.5, 0.6) is 0 Å². The van der Waals surface area contributed by atoms with Crippen molar-refractivity contribution < 1.29 is 4.74 Å². The Morgan fingerprint density at radius 1 is 1.38 bits per heavy atom. The molecule has 0 radical (unpaired) electrons. The van der Waals surface area contributed by atoms with Crippen molar-refractivity contribution in [3.05, 3.63) is 47.7 Å². The first kappa shape index (κ1) is 8.32. The maximum absolute atomic E-state index is 5.64. The van der Waals surface area contributed by atoms with Crippen molar-refractivity contribution in [3.63, 3.8) is 0 Å². The van der Waals surface area contributed by atoms with Gasteiger partial charge in [-0.3, -0.25) is 0 Å². The summed E-state index contributed by atoms with van der Waals surface area (Å²) in [5, 5.41) is 0. The van der Waals surface area contributed by atoms with Gasteiger partial charge >= 0.3 is 0 Å². The van der Waals surface area contributed by atoms with Gasteiger partial charge < -0.3 is 10.5 Å². The van der Waals surface area contributed by atoms with E-state index in [9.17, 15) is 0 Å². The van der Waals surface area contributed by atoms with E-state index in [4.69, 9.17) is 10.5 Å². The highest BCUT2D eigenvalue weighted by Crippen LogP contribution is 2.28. The van der Waals surface area contributed by atoms with Crippen LogP contribution in [0, 0.1) is 0 Å². The molecule has 0 saturated carbocycles. The fraction of sp³-hybridized carbons (Fsp3) is 0.273. The third kappa shape index (κ3) is 1.58. The molecule has 13 heavy (non-hydrogen) atoms. The summed E-state index contributed by atoms with van der Waals surface area (Å²) in [4.78, 5) is 0. The van der Waals surface area contributed by atoms with Gasteiger partial charge in [0.1, 0.15) is 6.10 Å². The van der Waals surface area contributed by atoms with Crippen molar-refractivity contribution >= 4 is 0 Å². The molecular weight excluding hydrogens is 162 g/mol. The van der Waals surface area contributed by atoms with Crippen molar-refractivity contribution in [2.45, 2.75) is 19.1 Å². The molecule has 1 aliphatic rings. The molecule has 2 rings (SSSR count). The Bertz CT molecular complexity index is 312. The SMILES string of the molecule is NCc1ccccc1C1CC=CO1. The number of rotatable bonds is 2. The Kier molecular flexibility index (Phi) is 2.32. The maximum Gasteiger partial charge on any atom is 0.127 e. The van der Waals surface area contributed by atoms with Gasteiger partial charge in [0.25, 0.3) is 0 Å². The molecule has 1 atom stereocenters. The summed E-state index contributed by atoms with van der Waals surface area (Å²) in [5.41, 5.74) is 8.04. The molecule has 0 aromatic heterocycles. The second kappa shape index (κ2) is 3.62. The Balaban J connectivity index is 2.27. The van der Waals surface area contributed by atoms with E-state index in [1.165, 1.54) is 11.1 Å². The van der Waals surface area contributed by atoms with E-state index >= 15 is 0 Å². The molecule has 2 N–H and O–H groups in total. The van der Waals surface area contributed by atoms with Crippen molar-refractivity contribution in [1.29, 1.82) is 0 Å². The summed E-state index contributed by atoms with van der Waals surface area (Å²) in [7, 11) is 0. The highest BCUT2D eigenvalue weighted by atomic mass is 16.5. The topological polar surface area (TPSA) is 35.2 Å². The van der Waals surface area contributed by atoms with E-state index in [2.05, 4.69) is 12.1 Å². The third-order valence-corrected chi connectivity index (χ3v) is 2.31. The minimum absolute atomic E-state index is 0.180. The zero-order valence-electron chi connectivity index (χ0n) is 7.44. The molecule has 2 heteroatoms. The molecule has 68 valence electrons. The standard InChI is InChI=1S/C11H13NO/c12-8-9-4-1-2-5-10(9)11-6-3-7-13-11/h1-5,7,11H,6,8,12H2. The number of hydrogen-bond donors (Lipinski definition) is 1. The summed E-state index contributed by atoms with van der Waals surface area (Å²) in [6.45, 7) is 0.579. The third-order valence-electron chi connectivity index (χ3n) is 2.31. The van der Waals surface area contributed by atoms with Gasteiger partial charge in [-0.1, -0.05) is 24.3 Å². The summed E-state index contributed by atoms with van der Waals surface area (Å²) >= 11 is 0. The maximum atomic E-state index is 5.64. The first-order valence-electron chi connectivity index (χ1n) is 4.50. The lowest BCUT2D eigenvalue weighted by molar-refractivity contribution is 0.172. The zero-order chi connectivity index (χ0) is 9.10. The lowest BCUT2D eigenvalue weighted by atomic mass is 10.0. The van der Waals surface area contributed by atoms with Crippen LogP contribution in [-0.2, 0) is 11.3 Å². The Morgan fingerprint density at radius 2 is 2.23 bits per heavy atom. The minimum Gasteiger partial charge on any atom is -0.493 e. The van der Waals surface area contributed by atoms with Gasteiger partial charge in [0.2, 0.25) is 0 Å². The van der Waals surface area contributed by atoms with E-state index < -0.39 is 0 Å². The van der Waals surface area contributed by atoms with Crippen LogP contribution in [0.3, 0.4) is 0 Å². The van der Waals surface area contributed by atoms with Crippen LogP contribution in [0.2, 0.25) is 0 Å². The van der Waals surface area contributed by atoms with E-state index in [1.807, 2.05) is 18.2 Å². The molecule has 0 fully saturated rings. The fourth-order valence-corrected chi connectivity index (χ4v) is 1.62. The average Bonchev–Trinajstić information content (AvgIpc) is 2.70. The molecule has 0 bridgehead atoms. The van der Waals surface area contributed by atoms with Gasteiger partial charge in [-0.25, -0.2) is 0 Å². The van der Waals surface area contributed by atoms with Crippen LogP contribution < -0.4 is 5.73 Å². The van der Waals surface area contributed by atoms with Crippen LogP contribution in [0.15, 0.2) is 36.6 Å². The predicted molar refractivity (Wildman–Crippen MR) is 51.9 cm³/mol. The van der Waals surface area contributed by atoms with Gasteiger partial charge in [0.15, 0.2) is 0 Å². The lowest BCUT2D eigenvalue weighted by Crippen LogP contribution is -2.05. The van der Waals surface area contributed by atoms with E-state index in [1.54, 1.807) is 6.26 Å². The number of hydrogen-bond acceptors (Lipinski definition) is 2. The lowest BCUT2D eigenvalue weighted by Gasteiger charge is -2.14. The molecule has 0 saturated heterocycles. The smallest absolute Gasteiger partial charge is 0.127 e. The molecular formula is C11H13NO. The molecule has 0 aliphatic carbocycles. The highest BCUT2D eigenvalue weighted by molar-refractivity contribution is 5.30. The number of ether oxygens (including phenoxy) is 1. The Hall–Kier alpha value is -1.28. The zero-order valence-corrected chi connectivity index (χ0v) is 7.44. The van der Waals surface area contributed by atoms with Crippen LogP contribution >= 0.6 is 0 Å². The molecule has 1 aromatic rings. The second-order valence-corrected chi connectivity index (χ2v) is 3.14. The van der Waals surface area contributed by atoms with E-state index in [0.29, 0.717) is 6.54 Å². The van der Waals surface area contributed by atoms with Gasteiger partial charge in [0.05, 0.1) is 6.26 Å². The van der Waals surface area contributed by atoms with E-state index in [0.717, 1.165) is 6.42 Å². The molecule has 0 spiro atoms. The first-order valence-corrected chi connectivity index (χ1v) is 4.50.